The van der Waals surface area contributed by atoms with Crippen molar-refractivity contribution >= 4 is 47.4 Å². The van der Waals surface area contributed by atoms with Crippen molar-refractivity contribution in [2.45, 2.75) is 13.0 Å². The van der Waals surface area contributed by atoms with Crippen molar-refractivity contribution in [3.8, 4) is 0 Å². The molecule has 112 valence electrons. The Balaban J connectivity index is 0.000001000. The Labute approximate surface area is 136 Å². The quantitative estimate of drug-likeness (QED) is 0.885. The minimum atomic E-state index is 0. The van der Waals surface area contributed by atoms with Crippen LogP contribution in [0, 0.1) is 0 Å². The Bertz CT molecular complexity index is 552. The highest BCUT2D eigenvalue weighted by Gasteiger charge is 2.20. The maximum atomic E-state index is 5.99. The normalized spacial score (nSPS) is 17.3. The molecule has 0 spiro atoms. The van der Waals surface area contributed by atoms with E-state index in [1.54, 1.807) is 0 Å². The largest absolute Gasteiger partial charge is 0.341 e. The average Bonchev–Trinajstić information content (AvgIpc) is 2.81. The SMILES string of the molecule is CC(c1nc2ccc(Cl)cc2[nH]1)N1CCNCC1.Cl.Cl. The van der Waals surface area contributed by atoms with Gasteiger partial charge in [-0.15, -0.1) is 24.8 Å². The highest BCUT2D eigenvalue weighted by molar-refractivity contribution is 6.31. The number of aromatic nitrogens is 2. The summed E-state index contributed by atoms with van der Waals surface area (Å²) in [4.78, 5) is 10.5. The lowest BCUT2D eigenvalue weighted by Gasteiger charge is -2.31. The molecule has 0 bridgehead atoms. The number of hydrogen-bond donors (Lipinski definition) is 2. The number of benzene rings is 1. The fraction of sp³-hybridized carbons (Fsp3) is 0.462. The highest BCUT2D eigenvalue weighted by atomic mass is 35.5. The van der Waals surface area contributed by atoms with Crippen LogP contribution < -0.4 is 5.32 Å². The minimum absolute atomic E-state index is 0. The van der Waals surface area contributed by atoms with Crippen molar-refractivity contribution < 1.29 is 0 Å². The summed E-state index contributed by atoms with van der Waals surface area (Å²) in [5.74, 6) is 1.02. The van der Waals surface area contributed by atoms with Gasteiger partial charge in [-0.3, -0.25) is 4.90 Å². The van der Waals surface area contributed by atoms with Gasteiger partial charge in [0.05, 0.1) is 17.1 Å². The summed E-state index contributed by atoms with van der Waals surface area (Å²) in [6, 6.07) is 6.09. The monoisotopic (exact) mass is 336 g/mol. The standard InChI is InChI=1S/C13H17ClN4.2ClH/c1-9(18-6-4-15-5-7-18)13-16-11-3-2-10(14)8-12(11)17-13;;/h2-3,8-9,15H,4-7H2,1H3,(H,16,17);2*1H. The van der Waals surface area contributed by atoms with E-state index in [1.165, 1.54) is 0 Å². The average molecular weight is 338 g/mol. The molecule has 1 unspecified atom stereocenters. The van der Waals surface area contributed by atoms with Crippen LogP contribution in [-0.4, -0.2) is 41.0 Å². The number of halogens is 3. The number of fused-ring (bicyclic) bond motifs is 1. The van der Waals surface area contributed by atoms with Crippen LogP contribution >= 0.6 is 36.4 Å². The van der Waals surface area contributed by atoms with Crippen molar-refractivity contribution in [2.75, 3.05) is 26.2 Å². The van der Waals surface area contributed by atoms with Crippen LogP contribution in [0.15, 0.2) is 18.2 Å². The van der Waals surface area contributed by atoms with Gasteiger partial charge in [0.2, 0.25) is 0 Å². The zero-order chi connectivity index (χ0) is 12.5. The molecule has 0 radical (unpaired) electrons. The summed E-state index contributed by atoms with van der Waals surface area (Å²) in [6.07, 6.45) is 0. The summed E-state index contributed by atoms with van der Waals surface area (Å²) in [5, 5.41) is 4.11. The predicted octanol–water partition coefficient (Wildman–Crippen LogP) is 3.03. The van der Waals surface area contributed by atoms with Crippen LogP contribution in [0.25, 0.3) is 11.0 Å². The van der Waals surface area contributed by atoms with Gasteiger partial charge < -0.3 is 10.3 Å². The van der Waals surface area contributed by atoms with E-state index in [2.05, 4.69) is 27.1 Å². The third kappa shape index (κ3) is 3.57. The summed E-state index contributed by atoms with van der Waals surface area (Å²) in [7, 11) is 0. The Hall–Kier alpha value is -0.520. The van der Waals surface area contributed by atoms with Crippen molar-refractivity contribution in [1.82, 2.24) is 20.2 Å². The van der Waals surface area contributed by atoms with Crippen LogP contribution in [-0.2, 0) is 0 Å². The van der Waals surface area contributed by atoms with Gasteiger partial charge in [0.1, 0.15) is 5.82 Å². The van der Waals surface area contributed by atoms with Crippen molar-refractivity contribution in [2.24, 2.45) is 0 Å². The smallest absolute Gasteiger partial charge is 0.124 e. The molecule has 4 nitrogen and oxygen atoms in total. The van der Waals surface area contributed by atoms with Crippen molar-refractivity contribution in [3.05, 3.63) is 29.0 Å². The second kappa shape index (κ2) is 7.48. The van der Waals surface area contributed by atoms with E-state index in [0.29, 0.717) is 6.04 Å². The molecule has 7 heteroatoms. The van der Waals surface area contributed by atoms with Crippen LogP contribution in [0.4, 0.5) is 0 Å². The van der Waals surface area contributed by atoms with Gasteiger partial charge in [0.25, 0.3) is 0 Å². The number of nitrogens with one attached hydrogen (secondary N) is 2. The fourth-order valence-corrected chi connectivity index (χ4v) is 2.61. The topological polar surface area (TPSA) is 44.0 Å². The molecule has 20 heavy (non-hydrogen) atoms. The molecule has 2 N–H and O–H groups in total. The first-order valence-electron chi connectivity index (χ1n) is 6.34. The lowest BCUT2D eigenvalue weighted by atomic mass is 10.2. The number of aromatic amines is 1. The zero-order valence-corrected chi connectivity index (χ0v) is 13.6. The molecule has 2 aromatic rings. The molecule has 0 aliphatic carbocycles. The van der Waals surface area contributed by atoms with Crippen LogP contribution in [0.3, 0.4) is 0 Å². The molecule has 2 heterocycles. The molecule has 1 aliphatic rings. The van der Waals surface area contributed by atoms with E-state index >= 15 is 0 Å². The Morgan fingerprint density at radius 2 is 1.95 bits per heavy atom. The van der Waals surface area contributed by atoms with Crippen LogP contribution in [0.1, 0.15) is 18.8 Å². The van der Waals surface area contributed by atoms with Crippen LogP contribution in [0.2, 0.25) is 5.02 Å². The number of imidazole rings is 1. The molecule has 1 aromatic carbocycles. The van der Waals surface area contributed by atoms with E-state index in [1.807, 2.05) is 18.2 Å². The summed E-state index contributed by atoms with van der Waals surface area (Å²) >= 11 is 5.99. The summed E-state index contributed by atoms with van der Waals surface area (Å²) in [5.41, 5.74) is 2.00. The molecule has 1 fully saturated rings. The first-order valence-corrected chi connectivity index (χ1v) is 6.72. The van der Waals surface area contributed by atoms with Gasteiger partial charge in [-0.2, -0.15) is 0 Å². The lowest BCUT2D eigenvalue weighted by Crippen LogP contribution is -2.44. The molecule has 1 saturated heterocycles. The first kappa shape index (κ1) is 17.5. The predicted molar refractivity (Wildman–Crippen MR) is 88.5 cm³/mol. The summed E-state index contributed by atoms with van der Waals surface area (Å²) < 4.78 is 0. The molecule has 1 aromatic heterocycles. The van der Waals surface area contributed by atoms with Gasteiger partial charge in [-0.05, 0) is 25.1 Å². The second-order valence-corrected chi connectivity index (χ2v) is 5.18. The molecule has 0 amide bonds. The Morgan fingerprint density at radius 1 is 1.25 bits per heavy atom. The summed E-state index contributed by atoms with van der Waals surface area (Å²) in [6.45, 7) is 6.44. The Kier molecular flexibility index (Phi) is 6.55. The third-order valence-corrected chi connectivity index (χ3v) is 3.79. The molecule has 0 saturated carbocycles. The number of rotatable bonds is 2. The Morgan fingerprint density at radius 3 is 2.65 bits per heavy atom. The third-order valence-electron chi connectivity index (χ3n) is 3.56. The van der Waals surface area contributed by atoms with Gasteiger partial charge in [-0.25, -0.2) is 4.98 Å². The maximum Gasteiger partial charge on any atom is 0.124 e. The van der Waals surface area contributed by atoms with Gasteiger partial charge in [0, 0.05) is 31.2 Å². The maximum absolute atomic E-state index is 5.99. The van der Waals surface area contributed by atoms with Crippen molar-refractivity contribution in [1.29, 1.82) is 0 Å². The molecular formula is C13H19Cl3N4. The number of nitrogens with zero attached hydrogens (tertiary/aromatic N) is 2. The fourth-order valence-electron chi connectivity index (χ4n) is 2.44. The van der Waals surface area contributed by atoms with Gasteiger partial charge in [-0.1, -0.05) is 11.6 Å². The van der Waals surface area contributed by atoms with E-state index < -0.39 is 0 Å². The molecular weight excluding hydrogens is 319 g/mol. The number of piperazine rings is 1. The van der Waals surface area contributed by atoms with Gasteiger partial charge >= 0.3 is 0 Å². The lowest BCUT2D eigenvalue weighted by molar-refractivity contribution is 0.180. The first-order chi connectivity index (χ1) is 8.74. The number of H-pyrrole nitrogens is 1. The minimum Gasteiger partial charge on any atom is -0.341 e. The highest BCUT2D eigenvalue weighted by Crippen LogP contribution is 2.23. The van der Waals surface area contributed by atoms with Crippen molar-refractivity contribution in [3.63, 3.8) is 0 Å². The number of hydrogen-bond acceptors (Lipinski definition) is 3. The zero-order valence-electron chi connectivity index (χ0n) is 11.2. The van der Waals surface area contributed by atoms with E-state index in [-0.39, 0.29) is 24.8 Å². The van der Waals surface area contributed by atoms with E-state index in [9.17, 15) is 0 Å². The van der Waals surface area contributed by atoms with Gasteiger partial charge in [0.15, 0.2) is 0 Å². The van der Waals surface area contributed by atoms with Crippen LogP contribution in [0.5, 0.6) is 0 Å². The second-order valence-electron chi connectivity index (χ2n) is 4.75. The van der Waals surface area contributed by atoms with E-state index in [0.717, 1.165) is 48.1 Å². The van der Waals surface area contributed by atoms with E-state index in [4.69, 9.17) is 11.6 Å². The molecule has 3 rings (SSSR count). The molecule has 1 aliphatic heterocycles. The molecule has 1 atom stereocenters.